The van der Waals surface area contributed by atoms with Crippen LogP contribution in [0.1, 0.15) is 12.8 Å². The number of nitro benzene ring substituents is 1. The summed E-state index contributed by atoms with van der Waals surface area (Å²) in [7, 11) is -4.07. The molecule has 1 saturated heterocycles. The first-order valence-electron chi connectivity index (χ1n) is 6.02. The third-order valence-corrected chi connectivity index (χ3v) is 4.80. The van der Waals surface area contributed by atoms with Gasteiger partial charge in [0.05, 0.1) is 4.92 Å². The minimum atomic E-state index is -4.07. The molecule has 1 unspecified atom stereocenters. The van der Waals surface area contributed by atoms with Gasteiger partial charge in [-0.25, -0.2) is 13.1 Å². The van der Waals surface area contributed by atoms with E-state index in [-0.39, 0.29) is 23.9 Å². The number of piperidine rings is 1. The lowest BCUT2D eigenvalue weighted by molar-refractivity contribution is -0.387. The van der Waals surface area contributed by atoms with E-state index in [1.54, 1.807) is 0 Å². The molecule has 0 aromatic heterocycles. The maximum absolute atomic E-state index is 12.2. The number of nitrogens with one attached hydrogen (secondary N) is 2. The number of nitrogens with zero attached hydrogens (tertiary/aromatic N) is 1. The van der Waals surface area contributed by atoms with Gasteiger partial charge in [0, 0.05) is 30.1 Å². The van der Waals surface area contributed by atoms with Gasteiger partial charge in [-0.2, -0.15) is 0 Å². The number of nitro groups is 1. The molecular weight excluding hydrogens is 322 g/mol. The maximum atomic E-state index is 12.2. The average Bonchev–Trinajstić information content (AvgIpc) is 2.40. The Bertz CT molecular complexity index is 681. The Balaban J connectivity index is 2.27. The summed E-state index contributed by atoms with van der Waals surface area (Å²) in [6.07, 6.45) is 0.544. The molecule has 1 aromatic carbocycles. The molecule has 0 spiro atoms. The Kier molecular flexibility index (Phi) is 4.45. The average molecular weight is 334 g/mol. The SMILES string of the molecule is O=C1CCC(NS(=O)(=O)c2ccc(Cl)cc2[N+](=O)[O-])CN1. The van der Waals surface area contributed by atoms with Gasteiger partial charge in [0.25, 0.3) is 5.69 Å². The van der Waals surface area contributed by atoms with Crippen LogP contribution in [0.2, 0.25) is 5.02 Å². The van der Waals surface area contributed by atoms with E-state index in [9.17, 15) is 23.3 Å². The lowest BCUT2D eigenvalue weighted by Crippen LogP contribution is -2.47. The van der Waals surface area contributed by atoms with Crippen molar-refractivity contribution in [1.29, 1.82) is 0 Å². The van der Waals surface area contributed by atoms with Crippen LogP contribution in [0.3, 0.4) is 0 Å². The summed E-state index contributed by atoms with van der Waals surface area (Å²) in [5.41, 5.74) is -0.588. The van der Waals surface area contributed by atoms with Crippen LogP contribution in [-0.4, -0.2) is 31.8 Å². The number of carbonyl (C=O) groups excluding carboxylic acids is 1. The van der Waals surface area contributed by atoms with Crippen molar-refractivity contribution in [3.05, 3.63) is 33.3 Å². The largest absolute Gasteiger partial charge is 0.355 e. The molecule has 1 fully saturated rings. The first-order valence-corrected chi connectivity index (χ1v) is 7.88. The van der Waals surface area contributed by atoms with Crippen molar-refractivity contribution in [2.75, 3.05) is 6.54 Å². The molecule has 1 aromatic rings. The first-order chi connectivity index (χ1) is 9.79. The van der Waals surface area contributed by atoms with Crippen LogP contribution in [0.4, 0.5) is 5.69 Å². The minimum Gasteiger partial charge on any atom is -0.355 e. The molecule has 1 heterocycles. The smallest absolute Gasteiger partial charge is 0.290 e. The molecule has 2 N–H and O–H groups in total. The molecule has 8 nitrogen and oxygen atoms in total. The highest BCUT2D eigenvalue weighted by Gasteiger charge is 2.29. The van der Waals surface area contributed by atoms with Crippen molar-refractivity contribution < 1.29 is 18.1 Å². The molecule has 1 atom stereocenters. The van der Waals surface area contributed by atoms with Crippen molar-refractivity contribution in [3.8, 4) is 0 Å². The van der Waals surface area contributed by atoms with Gasteiger partial charge in [0.15, 0.2) is 4.90 Å². The lowest BCUT2D eigenvalue weighted by Gasteiger charge is -2.23. The van der Waals surface area contributed by atoms with Gasteiger partial charge in [-0.1, -0.05) is 11.6 Å². The second kappa shape index (κ2) is 5.96. The molecule has 0 bridgehead atoms. The molecule has 1 aliphatic heterocycles. The highest BCUT2D eigenvalue weighted by molar-refractivity contribution is 7.89. The normalized spacial score (nSPS) is 19.1. The van der Waals surface area contributed by atoms with Crippen molar-refractivity contribution in [1.82, 2.24) is 10.0 Å². The summed E-state index contributed by atoms with van der Waals surface area (Å²) in [5.74, 6) is -0.150. The Morgan fingerprint density at radius 1 is 1.43 bits per heavy atom. The maximum Gasteiger partial charge on any atom is 0.290 e. The number of benzene rings is 1. The van der Waals surface area contributed by atoms with Crippen LogP contribution in [0.15, 0.2) is 23.1 Å². The first kappa shape index (κ1) is 15.7. The zero-order chi connectivity index (χ0) is 15.6. The van der Waals surface area contributed by atoms with Crippen molar-refractivity contribution in [2.45, 2.75) is 23.8 Å². The molecule has 21 heavy (non-hydrogen) atoms. The van der Waals surface area contributed by atoms with E-state index < -0.39 is 31.6 Å². The van der Waals surface area contributed by atoms with E-state index in [1.165, 1.54) is 6.07 Å². The van der Waals surface area contributed by atoms with Crippen LogP contribution >= 0.6 is 11.6 Å². The molecule has 10 heteroatoms. The predicted molar refractivity (Wildman–Crippen MR) is 74.5 cm³/mol. The van der Waals surface area contributed by atoms with Crippen molar-refractivity contribution in [2.24, 2.45) is 0 Å². The van der Waals surface area contributed by atoms with Gasteiger partial charge in [-0.15, -0.1) is 0 Å². The number of carbonyl (C=O) groups is 1. The van der Waals surface area contributed by atoms with Gasteiger partial charge in [0.1, 0.15) is 0 Å². The van der Waals surface area contributed by atoms with Crippen LogP contribution in [0.25, 0.3) is 0 Å². The molecule has 114 valence electrons. The van der Waals surface area contributed by atoms with E-state index in [1.807, 2.05) is 0 Å². The zero-order valence-corrected chi connectivity index (χ0v) is 12.3. The second-order valence-electron chi connectivity index (χ2n) is 4.53. The molecule has 0 saturated carbocycles. The fourth-order valence-electron chi connectivity index (χ4n) is 1.98. The number of amides is 1. The number of hydrogen-bond acceptors (Lipinski definition) is 5. The minimum absolute atomic E-state index is 0.0746. The summed E-state index contributed by atoms with van der Waals surface area (Å²) in [4.78, 5) is 20.7. The second-order valence-corrected chi connectivity index (χ2v) is 6.65. The summed E-state index contributed by atoms with van der Waals surface area (Å²) in [6.45, 7) is 0.152. The standard InChI is InChI=1S/C11H12ClN3O5S/c12-7-1-3-10(9(5-7)15(17)18)21(19,20)14-8-2-4-11(16)13-6-8/h1,3,5,8,14H,2,4,6H2,(H,13,16). The number of halogens is 1. The predicted octanol–water partition coefficient (Wildman–Crippen LogP) is 0.805. The van der Waals surface area contributed by atoms with E-state index >= 15 is 0 Å². The third kappa shape index (κ3) is 3.69. The number of hydrogen-bond donors (Lipinski definition) is 2. The van der Waals surface area contributed by atoms with E-state index in [0.29, 0.717) is 6.42 Å². The summed E-state index contributed by atoms with van der Waals surface area (Å²) < 4.78 is 26.9. The fraction of sp³-hybridized carbons (Fsp3) is 0.364. The van der Waals surface area contributed by atoms with Crippen molar-refractivity contribution >= 4 is 33.2 Å². The van der Waals surface area contributed by atoms with E-state index in [4.69, 9.17) is 11.6 Å². The topological polar surface area (TPSA) is 118 Å². The fourth-order valence-corrected chi connectivity index (χ4v) is 3.57. The van der Waals surface area contributed by atoms with Crippen LogP contribution in [-0.2, 0) is 14.8 Å². The number of sulfonamides is 1. The molecule has 0 radical (unpaired) electrons. The molecular formula is C11H12ClN3O5S. The Labute approximate surface area is 125 Å². The highest BCUT2D eigenvalue weighted by atomic mass is 35.5. The molecule has 1 aliphatic rings. The van der Waals surface area contributed by atoms with E-state index in [0.717, 1.165) is 12.1 Å². The monoisotopic (exact) mass is 333 g/mol. The van der Waals surface area contributed by atoms with Gasteiger partial charge >= 0.3 is 0 Å². The third-order valence-electron chi connectivity index (χ3n) is 2.99. The molecule has 0 aliphatic carbocycles. The van der Waals surface area contributed by atoms with E-state index in [2.05, 4.69) is 10.0 Å². The highest BCUT2D eigenvalue weighted by Crippen LogP contribution is 2.27. The Hall–Kier alpha value is -1.71. The van der Waals surface area contributed by atoms with Crippen molar-refractivity contribution in [3.63, 3.8) is 0 Å². The lowest BCUT2D eigenvalue weighted by atomic mass is 10.1. The summed E-state index contributed by atoms with van der Waals surface area (Å²) >= 11 is 5.65. The molecule has 2 rings (SSSR count). The van der Waals surface area contributed by atoms with Gasteiger partial charge < -0.3 is 5.32 Å². The molecule has 1 amide bonds. The van der Waals surface area contributed by atoms with Gasteiger partial charge in [-0.3, -0.25) is 14.9 Å². The van der Waals surface area contributed by atoms with Gasteiger partial charge in [0.2, 0.25) is 15.9 Å². The summed E-state index contributed by atoms with van der Waals surface area (Å²) in [6, 6.07) is 2.84. The quantitative estimate of drug-likeness (QED) is 0.624. The van der Waals surface area contributed by atoms with Crippen LogP contribution in [0.5, 0.6) is 0 Å². The van der Waals surface area contributed by atoms with Crippen LogP contribution < -0.4 is 10.0 Å². The van der Waals surface area contributed by atoms with Crippen LogP contribution in [0, 0.1) is 10.1 Å². The number of rotatable bonds is 4. The Morgan fingerprint density at radius 3 is 2.71 bits per heavy atom. The zero-order valence-electron chi connectivity index (χ0n) is 10.7. The Morgan fingerprint density at radius 2 is 2.14 bits per heavy atom. The van der Waals surface area contributed by atoms with Gasteiger partial charge in [-0.05, 0) is 18.6 Å². The summed E-state index contributed by atoms with van der Waals surface area (Å²) in [5, 5.41) is 13.6.